The van der Waals surface area contributed by atoms with Crippen LogP contribution >= 0.6 is 22.9 Å². The predicted octanol–water partition coefficient (Wildman–Crippen LogP) is 4.57. The molecule has 2 heterocycles. The number of aromatic nitrogens is 1. The number of nitrogens with zero attached hydrogens (tertiary/aromatic N) is 2. The summed E-state index contributed by atoms with van der Waals surface area (Å²) in [7, 11) is 0. The summed E-state index contributed by atoms with van der Waals surface area (Å²) in [5.74, 6) is 0.0471. The molecule has 0 radical (unpaired) electrons. The molecule has 1 aromatic carbocycles. The summed E-state index contributed by atoms with van der Waals surface area (Å²) in [6.07, 6.45) is 3.58. The summed E-state index contributed by atoms with van der Waals surface area (Å²) in [5.41, 5.74) is 3.55. The van der Waals surface area contributed by atoms with Crippen molar-refractivity contribution in [3.63, 3.8) is 0 Å². The summed E-state index contributed by atoms with van der Waals surface area (Å²) in [4.78, 5) is 18.8. The standard InChI is InChI=1S/C18H21ClFN3OS/c19-16-9-14(2-3-17(16)20)22-18(24)4-1-13-5-7-23(8-6-13)10-15-11-25-12-21-15/h2-3,9,11-13H,1,4-8,10H2,(H,22,24). The van der Waals surface area contributed by atoms with E-state index in [2.05, 4.69) is 20.6 Å². The molecule has 0 unspecified atom stereocenters. The monoisotopic (exact) mass is 381 g/mol. The largest absolute Gasteiger partial charge is 0.326 e. The third kappa shape index (κ3) is 5.49. The quantitative estimate of drug-likeness (QED) is 0.797. The number of hydrogen-bond donors (Lipinski definition) is 1. The van der Waals surface area contributed by atoms with Gasteiger partial charge in [-0.25, -0.2) is 9.37 Å². The van der Waals surface area contributed by atoms with Crippen molar-refractivity contribution < 1.29 is 9.18 Å². The van der Waals surface area contributed by atoms with Crippen molar-refractivity contribution in [1.29, 1.82) is 0 Å². The minimum absolute atomic E-state index is 0.0188. The number of carbonyl (C=O) groups is 1. The fraction of sp³-hybridized carbons (Fsp3) is 0.444. The first-order valence-electron chi connectivity index (χ1n) is 8.44. The van der Waals surface area contributed by atoms with Crippen molar-refractivity contribution in [1.82, 2.24) is 9.88 Å². The van der Waals surface area contributed by atoms with Crippen molar-refractivity contribution >= 4 is 34.5 Å². The van der Waals surface area contributed by atoms with E-state index in [9.17, 15) is 9.18 Å². The van der Waals surface area contributed by atoms with Gasteiger partial charge in [-0.1, -0.05) is 11.6 Å². The first-order chi connectivity index (χ1) is 12.1. The highest BCUT2D eigenvalue weighted by Crippen LogP contribution is 2.24. The molecule has 0 atom stereocenters. The van der Waals surface area contributed by atoms with E-state index in [1.807, 2.05) is 5.51 Å². The molecule has 0 bridgehead atoms. The minimum Gasteiger partial charge on any atom is -0.326 e. The van der Waals surface area contributed by atoms with Crippen molar-refractivity contribution in [3.05, 3.63) is 45.6 Å². The molecule has 4 nitrogen and oxygen atoms in total. The predicted molar refractivity (Wildman–Crippen MR) is 99.4 cm³/mol. The Morgan fingerprint density at radius 3 is 2.88 bits per heavy atom. The molecule has 1 aliphatic heterocycles. The zero-order chi connectivity index (χ0) is 17.6. The van der Waals surface area contributed by atoms with Crippen LogP contribution in [0.2, 0.25) is 5.02 Å². The molecule has 1 fully saturated rings. The lowest BCUT2D eigenvalue weighted by Crippen LogP contribution is -2.33. The summed E-state index contributed by atoms with van der Waals surface area (Å²) in [6.45, 7) is 3.02. The Hall–Kier alpha value is -1.50. The highest BCUT2D eigenvalue weighted by Gasteiger charge is 2.20. The Morgan fingerprint density at radius 2 is 2.20 bits per heavy atom. The minimum atomic E-state index is -0.482. The number of anilines is 1. The number of carbonyl (C=O) groups excluding carboxylic acids is 1. The second-order valence-corrected chi connectivity index (χ2v) is 7.54. The van der Waals surface area contributed by atoms with Crippen molar-refractivity contribution in [2.75, 3.05) is 18.4 Å². The van der Waals surface area contributed by atoms with Gasteiger partial charge < -0.3 is 5.32 Å². The number of amides is 1. The first kappa shape index (κ1) is 18.3. The Labute approximate surface area is 156 Å². The van der Waals surface area contributed by atoms with E-state index in [0.717, 1.165) is 44.6 Å². The van der Waals surface area contributed by atoms with Gasteiger partial charge >= 0.3 is 0 Å². The average molecular weight is 382 g/mol. The Balaban J connectivity index is 1.37. The maximum atomic E-state index is 13.1. The second-order valence-electron chi connectivity index (χ2n) is 6.42. The van der Waals surface area contributed by atoms with Gasteiger partial charge in [0.1, 0.15) is 5.82 Å². The highest BCUT2D eigenvalue weighted by atomic mass is 35.5. The number of nitrogens with one attached hydrogen (secondary N) is 1. The lowest BCUT2D eigenvalue weighted by Gasteiger charge is -2.31. The number of thiazole rings is 1. The van der Waals surface area contributed by atoms with Crippen LogP contribution in [0, 0.1) is 11.7 Å². The van der Waals surface area contributed by atoms with Gasteiger partial charge in [-0.15, -0.1) is 11.3 Å². The van der Waals surface area contributed by atoms with Gasteiger partial charge in [0.25, 0.3) is 0 Å². The zero-order valence-electron chi connectivity index (χ0n) is 13.9. The molecule has 7 heteroatoms. The molecule has 0 spiro atoms. The maximum Gasteiger partial charge on any atom is 0.224 e. The number of halogens is 2. The van der Waals surface area contributed by atoms with Gasteiger partial charge in [0.05, 0.1) is 16.2 Å². The molecule has 134 valence electrons. The van der Waals surface area contributed by atoms with E-state index in [1.165, 1.54) is 18.2 Å². The summed E-state index contributed by atoms with van der Waals surface area (Å²) < 4.78 is 13.1. The molecule has 1 saturated heterocycles. The molecule has 0 saturated carbocycles. The van der Waals surface area contributed by atoms with Crippen molar-refractivity contribution in [3.8, 4) is 0 Å². The highest BCUT2D eigenvalue weighted by molar-refractivity contribution is 7.07. The van der Waals surface area contributed by atoms with E-state index in [4.69, 9.17) is 11.6 Å². The van der Waals surface area contributed by atoms with Crippen LogP contribution in [0.4, 0.5) is 10.1 Å². The van der Waals surface area contributed by atoms with Crippen LogP contribution in [-0.2, 0) is 11.3 Å². The fourth-order valence-electron chi connectivity index (χ4n) is 3.11. The van der Waals surface area contributed by atoms with Crippen LogP contribution in [0.15, 0.2) is 29.1 Å². The molecule has 1 N–H and O–H groups in total. The molecule has 3 rings (SSSR count). The van der Waals surface area contributed by atoms with E-state index < -0.39 is 5.82 Å². The summed E-state index contributed by atoms with van der Waals surface area (Å²) in [6, 6.07) is 4.22. The van der Waals surface area contributed by atoms with Gasteiger partial charge in [0.2, 0.25) is 5.91 Å². The zero-order valence-corrected chi connectivity index (χ0v) is 15.5. The van der Waals surface area contributed by atoms with Crippen LogP contribution in [0.1, 0.15) is 31.4 Å². The van der Waals surface area contributed by atoms with Crippen LogP contribution in [0.3, 0.4) is 0 Å². The van der Waals surface area contributed by atoms with E-state index >= 15 is 0 Å². The van der Waals surface area contributed by atoms with Gasteiger partial charge in [0.15, 0.2) is 0 Å². The molecule has 1 aromatic heterocycles. The number of likely N-dealkylation sites (tertiary alicyclic amines) is 1. The molecule has 2 aromatic rings. The van der Waals surface area contributed by atoms with Crippen LogP contribution in [0.5, 0.6) is 0 Å². The fourth-order valence-corrected chi connectivity index (χ4v) is 3.84. The Morgan fingerprint density at radius 1 is 1.40 bits per heavy atom. The Kier molecular flexibility index (Phi) is 6.39. The molecule has 1 aliphatic rings. The molecule has 0 aliphatic carbocycles. The van der Waals surface area contributed by atoms with Crippen LogP contribution in [-0.4, -0.2) is 28.9 Å². The van der Waals surface area contributed by atoms with Crippen LogP contribution in [0.25, 0.3) is 0 Å². The van der Waals surface area contributed by atoms with Gasteiger partial charge in [0, 0.05) is 24.0 Å². The lowest BCUT2D eigenvalue weighted by atomic mass is 9.92. The van der Waals surface area contributed by atoms with Gasteiger partial charge in [-0.2, -0.15) is 0 Å². The number of piperidine rings is 1. The number of benzene rings is 1. The number of rotatable bonds is 6. The smallest absolute Gasteiger partial charge is 0.224 e. The Bertz CT molecular complexity index is 702. The van der Waals surface area contributed by atoms with Crippen LogP contribution < -0.4 is 5.32 Å². The normalized spacial score (nSPS) is 16.1. The molecular formula is C18H21ClFN3OS. The van der Waals surface area contributed by atoms with Crippen molar-refractivity contribution in [2.24, 2.45) is 5.92 Å². The third-order valence-corrected chi connectivity index (χ3v) is 5.48. The lowest BCUT2D eigenvalue weighted by molar-refractivity contribution is -0.116. The third-order valence-electron chi connectivity index (χ3n) is 4.56. The number of hydrogen-bond acceptors (Lipinski definition) is 4. The molecule has 1 amide bonds. The SMILES string of the molecule is O=C(CCC1CCN(Cc2cscn2)CC1)Nc1ccc(F)c(Cl)c1. The maximum absolute atomic E-state index is 13.1. The van der Waals surface area contributed by atoms with E-state index in [-0.39, 0.29) is 10.9 Å². The van der Waals surface area contributed by atoms with Gasteiger partial charge in [-0.05, 0) is 56.5 Å². The summed E-state index contributed by atoms with van der Waals surface area (Å²) >= 11 is 7.36. The summed E-state index contributed by atoms with van der Waals surface area (Å²) in [5, 5.41) is 4.89. The van der Waals surface area contributed by atoms with E-state index in [0.29, 0.717) is 18.0 Å². The molecule has 25 heavy (non-hydrogen) atoms. The van der Waals surface area contributed by atoms with E-state index in [1.54, 1.807) is 11.3 Å². The second kappa shape index (κ2) is 8.74. The molecular weight excluding hydrogens is 361 g/mol. The first-order valence-corrected chi connectivity index (χ1v) is 9.76. The average Bonchev–Trinajstić information content (AvgIpc) is 3.11. The topological polar surface area (TPSA) is 45.2 Å². The van der Waals surface area contributed by atoms with Crippen molar-refractivity contribution in [2.45, 2.75) is 32.2 Å². The van der Waals surface area contributed by atoms with Gasteiger partial charge in [-0.3, -0.25) is 9.69 Å².